The molecule has 0 fully saturated rings. The Morgan fingerprint density at radius 3 is 2.82 bits per heavy atom. The number of hydrogen-bond donors (Lipinski definition) is 1. The maximum Gasteiger partial charge on any atom is 0.349 e. The quantitative estimate of drug-likeness (QED) is 0.439. The van der Waals surface area contributed by atoms with E-state index in [1.54, 1.807) is 25.3 Å². The highest BCUT2D eigenvalue weighted by Crippen LogP contribution is 2.32. The number of carbonyl (C=O) groups excluding carboxylic acids is 1. The second-order valence-electron chi connectivity index (χ2n) is 5.83. The molecule has 0 unspecified atom stereocenters. The molecule has 140 valence electrons. The smallest absolute Gasteiger partial charge is 0.349 e. The molecule has 0 saturated carbocycles. The van der Waals surface area contributed by atoms with E-state index in [-0.39, 0.29) is 5.56 Å². The molecule has 0 aliphatic rings. The van der Waals surface area contributed by atoms with Crippen LogP contribution in [0.3, 0.4) is 0 Å². The van der Waals surface area contributed by atoms with Crippen molar-refractivity contribution >= 4 is 49.3 Å². The van der Waals surface area contributed by atoms with Gasteiger partial charge in [0.25, 0.3) is 5.91 Å². The van der Waals surface area contributed by atoms with Crippen molar-refractivity contribution in [1.82, 2.24) is 4.98 Å². The Morgan fingerprint density at radius 2 is 2.04 bits per heavy atom. The Kier molecular flexibility index (Phi) is 4.97. The van der Waals surface area contributed by atoms with Crippen LogP contribution in [0.25, 0.3) is 22.2 Å². The lowest BCUT2D eigenvalue weighted by Crippen LogP contribution is -2.20. The van der Waals surface area contributed by atoms with Crippen molar-refractivity contribution in [3.63, 3.8) is 0 Å². The number of nitrogens with zero attached hydrogens (tertiary/aromatic N) is 1. The van der Waals surface area contributed by atoms with Crippen LogP contribution in [0.1, 0.15) is 10.4 Å². The van der Waals surface area contributed by atoms with E-state index in [1.807, 2.05) is 29.6 Å². The molecule has 8 heteroatoms. The van der Waals surface area contributed by atoms with Crippen LogP contribution in [-0.2, 0) is 0 Å². The highest BCUT2D eigenvalue weighted by atomic mass is 79.9. The summed E-state index contributed by atoms with van der Waals surface area (Å²) in [4.78, 5) is 29.1. The Balaban J connectivity index is 1.59. The summed E-state index contributed by atoms with van der Waals surface area (Å²) in [6.45, 7) is 0. The Bertz CT molecular complexity index is 1250. The average Bonchev–Trinajstić information content (AvgIpc) is 3.15. The number of anilines is 1. The molecule has 0 atom stereocenters. The Morgan fingerprint density at radius 1 is 1.21 bits per heavy atom. The van der Waals surface area contributed by atoms with Crippen LogP contribution in [0, 0.1) is 0 Å². The lowest BCUT2D eigenvalue weighted by atomic mass is 10.2. The predicted molar refractivity (Wildman–Crippen MR) is 112 cm³/mol. The molecule has 4 rings (SSSR count). The van der Waals surface area contributed by atoms with E-state index >= 15 is 0 Å². The highest BCUT2D eigenvalue weighted by Gasteiger charge is 2.16. The topological polar surface area (TPSA) is 81.4 Å². The largest absolute Gasteiger partial charge is 0.496 e. The molecule has 4 aromatic rings. The van der Waals surface area contributed by atoms with E-state index in [0.29, 0.717) is 21.8 Å². The van der Waals surface area contributed by atoms with Gasteiger partial charge in [0.15, 0.2) is 5.13 Å². The highest BCUT2D eigenvalue weighted by molar-refractivity contribution is 9.10. The van der Waals surface area contributed by atoms with Crippen LogP contribution >= 0.6 is 27.3 Å². The van der Waals surface area contributed by atoms with Gasteiger partial charge in [-0.3, -0.25) is 10.1 Å². The van der Waals surface area contributed by atoms with E-state index in [4.69, 9.17) is 9.15 Å². The number of nitrogens with one attached hydrogen (secondary N) is 1. The summed E-state index contributed by atoms with van der Waals surface area (Å²) in [7, 11) is 1.60. The number of fused-ring (bicyclic) bond motifs is 1. The molecular weight excluding hydrogens is 444 g/mol. The first-order valence-electron chi connectivity index (χ1n) is 8.19. The number of halogens is 1. The first-order chi connectivity index (χ1) is 13.5. The summed E-state index contributed by atoms with van der Waals surface area (Å²) in [5.74, 6) is 0.159. The fourth-order valence-electron chi connectivity index (χ4n) is 2.67. The van der Waals surface area contributed by atoms with Crippen molar-refractivity contribution in [2.45, 2.75) is 0 Å². The van der Waals surface area contributed by atoms with E-state index < -0.39 is 11.5 Å². The molecule has 2 aromatic carbocycles. The van der Waals surface area contributed by atoms with Crippen molar-refractivity contribution < 1.29 is 13.9 Å². The SMILES string of the molecule is COc1ccc(-c2csc(NC(=O)c3cc4ccccc4oc3=O)n2)cc1Br. The molecule has 0 radical (unpaired) electrons. The van der Waals surface area contributed by atoms with E-state index in [2.05, 4.69) is 26.2 Å². The van der Waals surface area contributed by atoms with Gasteiger partial charge in [-0.2, -0.15) is 0 Å². The monoisotopic (exact) mass is 456 g/mol. The number of benzene rings is 2. The fraction of sp³-hybridized carbons (Fsp3) is 0.0500. The minimum Gasteiger partial charge on any atom is -0.496 e. The fourth-order valence-corrected chi connectivity index (χ4v) is 3.93. The predicted octanol–water partition coefficient (Wildman–Crippen LogP) is 4.94. The summed E-state index contributed by atoms with van der Waals surface area (Å²) in [6, 6.07) is 14.1. The van der Waals surface area contributed by atoms with Gasteiger partial charge in [0.05, 0.1) is 17.3 Å². The maximum atomic E-state index is 12.5. The number of methoxy groups -OCH3 is 1. The second kappa shape index (κ2) is 7.57. The first-order valence-corrected chi connectivity index (χ1v) is 9.86. The number of amides is 1. The third-order valence-electron chi connectivity index (χ3n) is 4.06. The van der Waals surface area contributed by atoms with Crippen molar-refractivity contribution in [2.24, 2.45) is 0 Å². The second-order valence-corrected chi connectivity index (χ2v) is 7.54. The van der Waals surface area contributed by atoms with Crippen LogP contribution in [0.4, 0.5) is 5.13 Å². The molecule has 0 spiro atoms. The number of rotatable bonds is 4. The summed E-state index contributed by atoms with van der Waals surface area (Å²) in [6.07, 6.45) is 0. The number of hydrogen-bond acceptors (Lipinski definition) is 6. The van der Waals surface area contributed by atoms with Gasteiger partial charge in [-0.25, -0.2) is 9.78 Å². The molecule has 1 amide bonds. The Hall–Kier alpha value is -2.97. The van der Waals surface area contributed by atoms with Gasteiger partial charge in [0.1, 0.15) is 16.9 Å². The van der Waals surface area contributed by atoms with Crippen molar-refractivity contribution in [1.29, 1.82) is 0 Å². The van der Waals surface area contributed by atoms with Crippen LogP contribution < -0.4 is 15.7 Å². The van der Waals surface area contributed by atoms with Gasteiger partial charge in [-0.1, -0.05) is 18.2 Å². The van der Waals surface area contributed by atoms with Gasteiger partial charge in [0.2, 0.25) is 0 Å². The third kappa shape index (κ3) is 3.56. The van der Waals surface area contributed by atoms with Crippen LogP contribution in [0.15, 0.2) is 67.6 Å². The molecule has 2 aromatic heterocycles. The van der Waals surface area contributed by atoms with E-state index in [9.17, 15) is 9.59 Å². The molecule has 6 nitrogen and oxygen atoms in total. The van der Waals surface area contributed by atoms with Gasteiger partial charge < -0.3 is 9.15 Å². The normalized spacial score (nSPS) is 10.8. The van der Waals surface area contributed by atoms with Gasteiger partial charge >= 0.3 is 5.63 Å². The van der Waals surface area contributed by atoms with Crippen molar-refractivity contribution in [3.05, 3.63) is 74.4 Å². The minimum atomic E-state index is -0.688. The standard InChI is InChI=1S/C20H13BrN2O4S/c1-26-17-7-6-11(9-14(17)21)15-10-28-20(22-15)23-18(24)13-8-12-4-2-3-5-16(12)27-19(13)25/h2-10H,1H3,(H,22,23,24). The molecule has 0 bridgehead atoms. The number of ether oxygens (including phenoxy) is 1. The molecule has 0 aliphatic carbocycles. The van der Waals surface area contributed by atoms with E-state index in [0.717, 1.165) is 15.8 Å². The van der Waals surface area contributed by atoms with Crippen LogP contribution in [0.2, 0.25) is 0 Å². The van der Waals surface area contributed by atoms with Crippen LogP contribution in [-0.4, -0.2) is 18.0 Å². The zero-order chi connectivity index (χ0) is 19.7. The zero-order valence-corrected chi connectivity index (χ0v) is 17.0. The van der Waals surface area contributed by atoms with E-state index in [1.165, 1.54) is 17.4 Å². The van der Waals surface area contributed by atoms with Gasteiger partial charge in [0, 0.05) is 16.3 Å². The molecule has 2 heterocycles. The lowest BCUT2D eigenvalue weighted by molar-refractivity contribution is 0.102. The molecule has 0 saturated heterocycles. The molecule has 1 N–H and O–H groups in total. The van der Waals surface area contributed by atoms with Gasteiger partial charge in [-0.15, -0.1) is 11.3 Å². The van der Waals surface area contributed by atoms with Gasteiger partial charge in [-0.05, 0) is 46.3 Å². The number of para-hydroxylation sites is 1. The maximum absolute atomic E-state index is 12.5. The summed E-state index contributed by atoms with van der Waals surface area (Å²) >= 11 is 4.72. The summed E-state index contributed by atoms with van der Waals surface area (Å²) < 4.78 is 11.2. The zero-order valence-electron chi connectivity index (χ0n) is 14.6. The lowest BCUT2D eigenvalue weighted by Gasteiger charge is -2.04. The summed E-state index contributed by atoms with van der Waals surface area (Å²) in [5.41, 5.74) is 1.25. The van der Waals surface area contributed by atoms with Crippen LogP contribution in [0.5, 0.6) is 5.75 Å². The first kappa shape index (κ1) is 18.4. The minimum absolute atomic E-state index is 0.0670. The average molecular weight is 457 g/mol. The van der Waals surface area contributed by atoms with Crippen molar-refractivity contribution in [2.75, 3.05) is 12.4 Å². The number of aromatic nitrogens is 1. The molecule has 28 heavy (non-hydrogen) atoms. The molecule has 0 aliphatic heterocycles. The number of thiazole rings is 1. The summed E-state index contributed by atoms with van der Waals surface area (Å²) in [5, 5.41) is 5.55. The molecular formula is C20H13BrN2O4S. The number of carbonyl (C=O) groups is 1. The Labute approximate surface area is 171 Å². The third-order valence-corrected chi connectivity index (χ3v) is 5.44. The van der Waals surface area contributed by atoms with Crippen molar-refractivity contribution in [3.8, 4) is 17.0 Å².